The summed E-state index contributed by atoms with van der Waals surface area (Å²) >= 11 is 0. The molecule has 0 saturated heterocycles. The summed E-state index contributed by atoms with van der Waals surface area (Å²) in [5, 5.41) is 12.8. The van der Waals surface area contributed by atoms with Crippen molar-refractivity contribution in [3.8, 4) is 6.07 Å². The molecule has 4 nitrogen and oxygen atoms in total. The molecule has 0 saturated carbocycles. The van der Waals surface area contributed by atoms with Gasteiger partial charge in [0.05, 0.1) is 18.1 Å². The lowest BCUT2D eigenvalue weighted by molar-refractivity contribution is -0.115. The summed E-state index contributed by atoms with van der Waals surface area (Å²) < 4.78 is 0. The Labute approximate surface area is 141 Å². The maximum absolute atomic E-state index is 12.4. The molecule has 1 aromatic heterocycles. The van der Waals surface area contributed by atoms with Gasteiger partial charge in [0.15, 0.2) is 0 Å². The van der Waals surface area contributed by atoms with Crippen LogP contribution in [-0.4, -0.2) is 10.9 Å². The zero-order valence-corrected chi connectivity index (χ0v) is 13.8. The molecule has 0 radical (unpaired) electrons. The van der Waals surface area contributed by atoms with Gasteiger partial charge in [-0.15, -0.1) is 0 Å². The standard InChI is InChI=1S/C20H19N3O/c1-3-14-6-9-19-18(10-14)17(13(2)22-19)11-20(24)23-16-7-4-15(12-21)5-8-16/h4-10,22H,3,11H2,1-2H3,(H,23,24). The van der Waals surface area contributed by atoms with Gasteiger partial charge in [-0.2, -0.15) is 5.26 Å². The number of anilines is 1. The maximum atomic E-state index is 12.4. The molecule has 4 heteroatoms. The zero-order chi connectivity index (χ0) is 17.1. The number of rotatable bonds is 4. The van der Waals surface area contributed by atoms with E-state index in [-0.39, 0.29) is 5.91 Å². The van der Waals surface area contributed by atoms with Gasteiger partial charge in [0.25, 0.3) is 0 Å². The Bertz CT molecular complexity index is 930. The van der Waals surface area contributed by atoms with E-state index in [9.17, 15) is 4.79 Å². The third kappa shape index (κ3) is 3.16. The van der Waals surface area contributed by atoms with Crippen LogP contribution in [0.25, 0.3) is 10.9 Å². The second-order valence-electron chi connectivity index (χ2n) is 5.88. The third-order valence-electron chi connectivity index (χ3n) is 4.23. The van der Waals surface area contributed by atoms with Crippen LogP contribution in [0, 0.1) is 18.3 Å². The number of nitrogens with zero attached hydrogens (tertiary/aromatic N) is 1. The molecular weight excluding hydrogens is 298 g/mol. The Balaban J connectivity index is 1.82. The number of hydrogen-bond acceptors (Lipinski definition) is 2. The summed E-state index contributed by atoms with van der Waals surface area (Å²) in [6, 6.07) is 15.3. The van der Waals surface area contributed by atoms with E-state index >= 15 is 0 Å². The highest BCUT2D eigenvalue weighted by Crippen LogP contribution is 2.24. The van der Waals surface area contributed by atoms with Crippen molar-refractivity contribution in [2.45, 2.75) is 26.7 Å². The lowest BCUT2D eigenvalue weighted by atomic mass is 10.0. The van der Waals surface area contributed by atoms with Crippen LogP contribution < -0.4 is 5.32 Å². The van der Waals surface area contributed by atoms with Crippen molar-refractivity contribution in [2.75, 3.05) is 5.32 Å². The van der Waals surface area contributed by atoms with E-state index in [0.717, 1.165) is 28.6 Å². The number of benzene rings is 2. The van der Waals surface area contributed by atoms with Crippen molar-refractivity contribution in [3.63, 3.8) is 0 Å². The predicted molar refractivity (Wildman–Crippen MR) is 95.9 cm³/mol. The molecular formula is C20H19N3O. The number of aromatic nitrogens is 1. The quantitative estimate of drug-likeness (QED) is 0.761. The summed E-state index contributed by atoms with van der Waals surface area (Å²) in [5.74, 6) is -0.0643. The van der Waals surface area contributed by atoms with Crippen molar-refractivity contribution in [1.82, 2.24) is 4.98 Å². The number of aryl methyl sites for hydroxylation is 2. The first-order valence-electron chi connectivity index (χ1n) is 8.00. The van der Waals surface area contributed by atoms with Crippen molar-refractivity contribution < 1.29 is 4.79 Å². The van der Waals surface area contributed by atoms with Gasteiger partial charge >= 0.3 is 0 Å². The minimum absolute atomic E-state index is 0.0643. The molecule has 0 unspecified atom stereocenters. The van der Waals surface area contributed by atoms with Gasteiger partial charge in [0, 0.05) is 22.3 Å². The SMILES string of the molecule is CCc1ccc2[nH]c(C)c(CC(=O)Nc3ccc(C#N)cc3)c2c1. The normalized spacial score (nSPS) is 10.5. The Kier molecular flexibility index (Phi) is 4.35. The van der Waals surface area contributed by atoms with Crippen LogP contribution in [0.4, 0.5) is 5.69 Å². The highest BCUT2D eigenvalue weighted by Gasteiger charge is 2.13. The van der Waals surface area contributed by atoms with Crippen LogP contribution in [0.15, 0.2) is 42.5 Å². The molecule has 24 heavy (non-hydrogen) atoms. The van der Waals surface area contributed by atoms with E-state index in [4.69, 9.17) is 5.26 Å². The van der Waals surface area contributed by atoms with Gasteiger partial charge < -0.3 is 10.3 Å². The van der Waals surface area contributed by atoms with Gasteiger partial charge in [-0.3, -0.25) is 4.79 Å². The number of aromatic amines is 1. The smallest absolute Gasteiger partial charge is 0.228 e. The average Bonchev–Trinajstić information content (AvgIpc) is 2.90. The lowest BCUT2D eigenvalue weighted by Gasteiger charge is -2.06. The number of hydrogen-bond donors (Lipinski definition) is 2. The van der Waals surface area contributed by atoms with Crippen LogP contribution >= 0.6 is 0 Å². The highest BCUT2D eigenvalue weighted by molar-refractivity contribution is 5.96. The fourth-order valence-electron chi connectivity index (χ4n) is 2.87. The van der Waals surface area contributed by atoms with Crippen molar-refractivity contribution >= 4 is 22.5 Å². The van der Waals surface area contributed by atoms with E-state index in [1.807, 2.05) is 6.92 Å². The second-order valence-corrected chi connectivity index (χ2v) is 5.88. The van der Waals surface area contributed by atoms with Crippen LogP contribution in [0.2, 0.25) is 0 Å². The number of fused-ring (bicyclic) bond motifs is 1. The molecule has 3 aromatic rings. The van der Waals surface area contributed by atoms with E-state index < -0.39 is 0 Å². The average molecular weight is 317 g/mol. The number of H-pyrrole nitrogens is 1. The number of amides is 1. The Morgan fingerprint density at radius 2 is 1.96 bits per heavy atom. The number of nitrogens with one attached hydrogen (secondary N) is 2. The van der Waals surface area contributed by atoms with E-state index in [1.165, 1.54) is 5.56 Å². The van der Waals surface area contributed by atoms with Crippen molar-refractivity contribution in [1.29, 1.82) is 5.26 Å². The molecule has 120 valence electrons. The molecule has 0 aliphatic heterocycles. The molecule has 0 atom stereocenters. The minimum Gasteiger partial charge on any atom is -0.358 e. The van der Waals surface area contributed by atoms with Gasteiger partial charge in [-0.1, -0.05) is 13.0 Å². The van der Waals surface area contributed by atoms with Crippen LogP contribution in [0.3, 0.4) is 0 Å². The van der Waals surface area contributed by atoms with E-state index in [1.54, 1.807) is 24.3 Å². The Morgan fingerprint density at radius 3 is 2.62 bits per heavy atom. The fourth-order valence-corrected chi connectivity index (χ4v) is 2.87. The monoisotopic (exact) mass is 317 g/mol. The Morgan fingerprint density at radius 1 is 1.21 bits per heavy atom. The van der Waals surface area contributed by atoms with Crippen LogP contribution in [0.5, 0.6) is 0 Å². The molecule has 1 amide bonds. The first kappa shape index (κ1) is 15.8. The lowest BCUT2D eigenvalue weighted by Crippen LogP contribution is -2.14. The van der Waals surface area contributed by atoms with Crippen molar-refractivity contribution in [2.24, 2.45) is 0 Å². The summed E-state index contributed by atoms with van der Waals surface area (Å²) in [5.41, 5.74) is 5.65. The molecule has 0 spiro atoms. The van der Waals surface area contributed by atoms with E-state index in [0.29, 0.717) is 17.7 Å². The maximum Gasteiger partial charge on any atom is 0.228 e. The molecule has 0 bridgehead atoms. The van der Waals surface area contributed by atoms with Gasteiger partial charge in [-0.05, 0) is 60.9 Å². The molecule has 0 aliphatic carbocycles. The molecule has 3 rings (SSSR count). The van der Waals surface area contributed by atoms with Gasteiger partial charge in [-0.25, -0.2) is 0 Å². The van der Waals surface area contributed by atoms with E-state index in [2.05, 4.69) is 41.5 Å². The van der Waals surface area contributed by atoms with Gasteiger partial charge in [0.1, 0.15) is 0 Å². The summed E-state index contributed by atoms with van der Waals surface area (Å²) in [6.07, 6.45) is 1.29. The topological polar surface area (TPSA) is 68.7 Å². The number of carbonyl (C=O) groups excluding carboxylic acids is 1. The molecule has 2 aromatic carbocycles. The number of carbonyl (C=O) groups is 1. The van der Waals surface area contributed by atoms with Gasteiger partial charge in [0.2, 0.25) is 5.91 Å². The van der Waals surface area contributed by atoms with Crippen LogP contribution in [-0.2, 0) is 17.6 Å². The molecule has 1 heterocycles. The summed E-state index contributed by atoms with van der Waals surface area (Å²) in [7, 11) is 0. The predicted octanol–water partition coefficient (Wildman–Crippen LogP) is 4.09. The molecule has 0 aliphatic rings. The number of nitriles is 1. The minimum atomic E-state index is -0.0643. The Hall–Kier alpha value is -3.06. The largest absolute Gasteiger partial charge is 0.358 e. The van der Waals surface area contributed by atoms with Crippen LogP contribution in [0.1, 0.15) is 29.3 Å². The summed E-state index contributed by atoms with van der Waals surface area (Å²) in [4.78, 5) is 15.7. The molecule has 0 fully saturated rings. The van der Waals surface area contributed by atoms with Crippen molar-refractivity contribution in [3.05, 3.63) is 64.8 Å². The molecule has 2 N–H and O–H groups in total. The second kappa shape index (κ2) is 6.59. The first-order chi connectivity index (χ1) is 11.6. The fraction of sp³-hybridized carbons (Fsp3) is 0.200. The summed E-state index contributed by atoms with van der Waals surface area (Å²) in [6.45, 7) is 4.12. The zero-order valence-electron chi connectivity index (χ0n) is 13.8. The third-order valence-corrected chi connectivity index (χ3v) is 4.23. The first-order valence-corrected chi connectivity index (χ1v) is 8.00. The highest BCUT2D eigenvalue weighted by atomic mass is 16.1.